The summed E-state index contributed by atoms with van der Waals surface area (Å²) in [5, 5.41) is 10.3. The van der Waals surface area contributed by atoms with Crippen molar-refractivity contribution in [1.82, 2.24) is 4.98 Å². The van der Waals surface area contributed by atoms with Crippen LogP contribution in [0.25, 0.3) is 0 Å². The molecule has 106 valence electrons. The first kappa shape index (κ1) is 14.9. The Bertz CT molecular complexity index is 725. The molecule has 2 aromatic heterocycles. The summed E-state index contributed by atoms with van der Waals surface area (Å²) in [5.41, 5.74) is 0.636. The van der Waals surface area contributed by atoms with Crippen molar-refractivity contribution in [2.45, 2.75) is 10.6 Å². The van der Waals surface area contributed by atoms with Crippen LogP contribution in [0.5, 0.6) is 0 Å². The van der Waals surface area contributed by atoms with Gasteiger partial charge in [-0.2, -0.15) is 0 Å². The largest absolute Gasteiger partial charge is 0.481 e. The minimum absolute atomic E-state index is 0.173. The maximum atomic E-state index is 12.1. The molecule has 0 saturated carbocycles. The number of hydrogen-bond acceptors (Lipinski definition) is 5. The van der Waals surface area contributed by atoms with Crippen LogP contribution in [0.1, 0.15) is 5.69 Å². The maximum Gasteiger partial charge on any atom is 0.309 e. The van der Waals surface area contributed by atoms with Gasteiger partial charge in [0, 0.05) is 4.47 Å². The second kappa shape index (κ2) is 5.90. The number of thiophene rings is 1. The van der Waals surface area contributed by atoms with Gasteiger partial charge in [0.05, 0.1) is 24.0 Å². The summed E-state index contributed by atoms with van der Waals surface area (Å²) in [6.07, 6.45) is 1.08. The van der Waals surface area contributed by atoms with E-state index in [0.29, 0.717) is 10.2 Å². The Morgan fingerprint density at radius 2 is 2.15 bits per heavy atom. The normalized spacial score (nSPS) is 11.2. The third-order valence-electron chi connectivity index (χ3n) is 2.24. The number of aromatic nitrogens is 1. The van der Waals surface area contributed by atoms with Gasteiger partial charge in [0.25, 0.3) is 10.0 Å². The smallest absolute Gasteiger partial charge is 0.309 e. The first-order valence-electron chi connectivity index (χ1n) is 5.31. The predicted molar refractivity (Wildman–Crippen MR) is 78.4 cm³/mol. The van der Waals surface area contributed by atoms with Crippen LogP contribution in [-0.2, 0) is 21.2 Å². The van der Waals surface area contributed by atoms with Crippen molar-refractivity contribution in [3.05, 3.63) is 39.9 Å². The van der Waals surface area contributed by atoms with E-state index in [2.05, 4.69) is 25.6 Å². The first-order valence-corrected chi connectivity index (χ1v) is 8.46. The Morgan fingerprint density at radius 1 is 1.40 bits per heavy atom. The molecule has 0 amide bonds. The van der Waals surface area contributed by atoms with Gasteiger partial charge in [-0.05, 0) is 39.5 Å². The zero-order valence-corrected chi connectivity index (χ0v) is 13.1. The summed E-state index contributed by atoms with van der Waals surface area (Å²) < 4.78 is 27.2. The molecule has 9 heteroatoms. The van der Waals surface area contributed by atoms with Crippen LogP contribution in [0.15, 0.2) is 38.5 Å². The Kier molecular flexibility index (Phi) is 4.41. The topological polar surface area (TPSA) is 96.4 Å². The van der Waals surface area contributed by atoms with Crippen molar-refractivity contribution >= 4 is 48.9 Å². The average molecular weight is 377 g/mol. The van der Waals surface area contributed by atoms with Gasteiger partial charge in [-0.25, -0.2) is 8.42 Å². The number of halogens is 1. The Morgan fingerprint density at radius 3 is 2.65 bits per heavy atom. The summed E-state index contributed by atoms with van der Waals surface area (Å²) in [6.45, 7) is 0. The standard InChI is InChI=1S/C11H9BrN2O4S2/c12-9-3-4-19-11(9)20(17,18)14-8-2-1-7(13-6-8)5-10(15)16/h1-4,6,14H,5H2,(H,15,16). The molecule has 0 aliphatic rings. The molecule has 0 spiro atoms. The molecule has 0 bridgehead atoms. The molecule has 0 aromatic carbocycles. The second-order valence-corrected chi connectivity index (χ2v) is 7.42. The maximum absolute atomic E-state index is 12.1. The number of carbonyl (C=O) groups is 1. The van der Waals surface area contributed by atoms with Crippen LogP contribution < -0.4 is 4.72 Å². The summed E-state index contributed by atoms with van der Waals surface area (Å²) in [7, 11) is -3.67. The molecule has 0 radical (unpaired) electrons. The number of carboxylic acids is 1. The van der Waals surface area contributed by atoms with Gasteiger partial charge in [-0.1, -0.05) is 0 Å². The molecular weight excluding hydrogens is 368 g/mol. The van der Waals surface area contributed by atoms with E-state index in [9.17, 15) is 13.2 Å². The average Bonchev–Trinajstić information content (AvgIpc) is 2.78. The lowest BCUT2D eigenvalue weighted by Crippen LogP contribution is -2.12. The van der Waals surface area contributed by atoms with Crippen LogP contribution in [0.2, 0.25) is 0 Å². The minimum Gasteiger partial charge on any atom is -0.481 e. The molecule has 2 aromatic rings. The number of anilines is 1. The second-order valence-electron chi connectivity index (χ2n) is 3.77. The van der Waals surface area contributed by atoms with Gasteiger partial charge in [0.15, 0.2) is 4.21 Å². The lowest BCUT2D eigenvalue weighted by molar-refractivity contribution is -0.136. The van der Waals surface area contributed by atoms with E-state index in [1.54, 1.807) is 11.4 Å². The van der Waals surface area contributed by atoms with E-state index < -0.39 is 16.0 Å². The molecule has 6 nitrogen and oxygen atoms in total. The molecular formula is C11H9BrN2O4S2. The van der Waals surface area contributed by atoms with Crippen LogP contribution >= 0.6 is 27.3 Å². The first-order chi connectivity index (χ1) is 9.38. The fourth-order valence-electron chi connectivity index (χ4n) is 1.42. The molecule has 2 N–H and O–H groups in total. The molecule has 0 unspecified atom stereocenters. The molecule has 0 saturated heterocycles. The highest BCUT2D eigenvalue weighted by Gasteiger charge is 2.19. The van der Waals surface area contributed by atoms with Crippen LogP contribution in [0, 0.1) is 0 Å². The predicted octanol–water partition coefficient (Wildman–Crippen LogP) is 2.33. The molecule has 2 heterocycles. The lowest BCUT2D eigenvalue weighted by Gasteiger charge is -2.07. The molecule has 0 fully saturated rings. The van der Waals surface area contributed by atoms with Gasteiger partial charge in [-0.15, -0.1) is 11.3 Å². The van der Waals surface area contributed by atoms with Crippen LogP contribution in [-0.4, -0.2) is 24.5 Å². The Hall–Kier alpha value is -1.45. The minimum atomic E-state index is -3.67. The Balaban J connectivity index is 2.18. The zero-order valence-electron chi connectivity index (χ0n) is 9.91. The van der Waals surface area contributed by atoms with E-state index in [0.717, 1.165) is 11.3 Å². The third kappa shape index (κ3) is 3.56. The highest BCUT2D eigenvalue weighted by atomic mass is 79.9. The van der Waals surface area contributed by atoms with Crippen LogP contribution in [0.4, 0.5) is 5.69 Å². The highest BCUT2D eigenvalue weighted by molar-refractivity contribution is 9.10. The quantitative estimate of drug-likeness (QED) is 0.834. The molecule has 20 heavy (non-hydrogen) atoms. The fourth-order valence-corrected chi connectivity index (χ4v) is 4.80. The van der Waals surface area contributed by atoms with E-state index in [1.807, 2.05) is 0 Å². The van der Waals surface area contributed by atoms with Gasteiger partial charge in [0.1, 0.15) is 0 Å². The molecule has 2 rings (SSSR count). The number of carboxylic acid groups (broad SMARTS) is 1. The van der Waals surface area contributed by atoms with Crippen molar-refractivity contribution in [2.75, 3.05) is 4.72 Å². The summed E-state index contributed by atoms with van der Waals surface area (Å²) in [4.78, 5) is 14.4. The van der Waals surface area contributed by atoms with Crippen molar-refractivity contribution in [3.8, 4) is 0 Å². The SMILES string of the molecule is O=C(O)Cc1ccc(NS(=O)(=O)c2sccc2Br)cn1. The van der Waals surface area contributed by atoms with Gasteiger partial charge in [-0.3, -0.25) is 14.5 Å². The van der Waals surface area contributed by atoms with E-state index in [1.165, 1.54) is 18.3 Å². The van der Waals surface area contributed by atoms with E-state index in [4.69, 9.17) is 5.11 Å². The number of pyridine rings is 1. The summed E-state index contributed by atoms with van der Waals surface area (Å²) >= 11 is 4.26. The number of nitrogens with one attached hydrogen (secondary N) is 1. The van der Waals surface area contributed by atoms with E-state index in [-0.39, 0.29) is 16.3 Å². The number of hydrogen-bond donors (Lipinski definition) is 2. The van der Waals surface area contributed by atoms with Crippen molar-refractivity contribution in [2.24, 2.45) is 0 Å². The number of nitrogens with zero attached hydrogens (tertiary/aromatic N) is 1. The summed E-state index contributed by atoms with van der Waals surface area (Å²) in [6, 6.07) is 4.59. The zero-order chi connectivity index (χ0) is 14.8. The third-order valence-corrected chi connectivity index (χ3v) is 6.29. The van der Waals surface area contributed by atoms with Crippen molar-refractivity contribution in [1.29, 1.82) is 0 Å². The highest BCUT2D eigenvalue weighted by Crippen LogP contribution is 2.29. The van der Waals surface area contributed by atoms with Crippen molar-refractivity contribution in [3.63, 3.8) is 0 Å². The number of sulfonamides is 1. The Labute approximate surface area is 127 Å². The lowest BCUT2D eigenvalue weighted by atomic mass is 10.3. The molecule has 0 atom stereocenters. The fraction of sp³-hybridized carbons (Fsp3) is 0.0909. The van der Waals surface area contributed by atoms with Crippen molar-refractivity contribution < 1.29 is 18.3 Å². The monoisotopic (exact) mass is 376 g/mol. The van der Waals surface area contributed by atoms with Crippen LogP contribution in [0.3, 0.4) is 0 Å². The number of aliphatic carboxylic acids is 1. The molecule has 0 aliphatic heterocycles. The van der Waals surface area contributed by atoms with E-state index >= 15 is 0 Å². The number of rotatable bonds is 5. The van der Waals surface area contributed by atoms with Gasteiger partial charge < -0.3 is 5.11 Å². The summed E-state index contributed by atoms with van der Waals surface area (Å²) in [5.74, 6) is -0.992. The van der Waals surface area contributed by atoms with Gasteiger partial charge in [0.2, 0.25) is 0 Å². The van der Waals surface area contributed by atoms with Gasteiger partial charge >= 0.3 is 5.97 Å². The molecule has 0 aliphatic carbocycles.